The molecule has 0 aliphatic heterocycles. The first-order chi connectivity index (χ1) is 9.34. The highest BCUT2D eigenvalue weighted by Crippen LogP contribution is 2.16. The Balaban J connectivity index is 2.28. The van der Waals surface area contributed by atoms with Crippen molar-refractivity contribution in [1.29, 1.82) is 0 Å². The van der Waals surface area contributed by atoms with E-state index in [0.29, 0.717) is 0 Å². The molecule has 2 rings (SSSR count). The van der Waals surface area contributed by atoms with Crippen LogP contribution in [-0.2, 0) is 11.2 Å². The van der Waals surface area contributed by atoms with E-state index < -0.39 is 5.54 Å². The van der Waals surface area contributed by atoms with Crippen molar-refractivity contribution in [1.82, 2.24) is 14.7 Å². The zero-order chi connectivity index (χ0) is 14.9. The van der Waals surface area contributed by atoms with Crippen molar-refractivity contribution in [3.05, 3.63) is 35.3 Å². The Kier molecular flexibility index (Phi) is 3.81. The number of aliphatic hydroxyl groups is 1. The number of imidazole rings is 1. The number of rotatable bonds is 4. The number of hydrogen-bond acceptors (Lipinski definition) is 3. The number of amides is 1. The van der Waals surface area contributed by atoms with Gasteiger partial charge in [0, 0.05) is 6.20 Å². The standard InChI is InChI=1S/C15H21N3O2/c1-10-6-5-7-18-12(11(2)16-14(10)18)8-13(20)17-15(3,4)9-19/h5-7,19H,8-9H2,1-4H3,(H,17,20). The molecule has 0 aliphatic rings. The number of hydrogen-bond donors (Lipinski definition) is 2. The molecule has 1 amide bonds. The fourth-order valence-electron chi connectivity index (χ4n) is 2.19. The van der Waals surface area contributed by atoms with Crippen LogP contribution >= 0.6 is 0 Å². The van der Waals surface area contributed by atoms with Gasteiger partial charge < -0.3 is 14.8 Å². The molecular weight excluding hydrogens is 254 g/mol. The Hall–Kier alpha value is -1.88. The van der Waals surface area contributed by atoms with Crippen molar-refractivity contribution in [3.63, 3.8) is 0 Å². The lowest BCUT2D eigenvalue weighted by Crippen LogP contribution is -2.47. The van der Waals surface area contributed by atoms with E-state index in [9.17, 15) is 9.90 Å². The lowest BCUT2D eigenvalue weighted by molar-refractivity contribution is -0.122. The molecule has 5 nitrogen and oxygen atoms in total. The third-order valence-electron chi connectivity index (χ3n) is 3.35. The van der Waals surface area contributed by atoms with Crippen LogP contribution in [-0.4, -0.2) is 32.5 Å². The summed E-state index contributed by atoms with van der Waals surface area (Å²) in [6, 6.07) is 3.95. The number of carbonyl (C=O) groups excluding carboxylic acids is 1. The highest BCUT2D eigenvalue weighted by molar-refractivity contribution is 5.79. The van der Waals surface area contributed by atoms with Gasteiger partial charge in [0.25, 0.3) is 0 Å². The van der Waals surface area contributed by atoms with Crippen molar-refractivity contribution in [2.24, 2.45) is 0 Å². The van der Waals surface area contributed by atoms with Crippen LogP contribution in [0.3, 0.4) is 0 Å². The van der Waals surface area contributed by atoms with Crippen LogP contribution in [0.25, 0.3) is 5.65 Å². The Labute approximate surface area is 118 Å². The molecule has 20 heavy (non-hydrogen) atoms. The lowest BCUT2D eigenvalue weighted by atomic mass is 10.1. The molecule has 0 aliphatic carbocycles. The molecule has 0 saturated carbocycles. The number of pyridine rings is 1. The normalized spacial score (nSPS) is 11.8. The number of fused-ring (bicyclic) bond motifs is 1. The second kappa shape index (κ2) is 5.25. The summed E-state index contributed by atoms with van der Waals surface area (Å²) in [7, 11) is 0. The van der Waals surface area contributed by atoms with E-state index in [-0.39, 0.29) is 18.9 Å². The Morgan fingerprint density at radius 1 is 1.45 bits per heavy atom. The summed E-state index contributed by atoms with van der Waals surface area (Å²) in [5, 5.41) is 12.0. The molecule has 5 heteroatoms. The summed E-state index contributed by atoms with van der Waals surface area (Å²) in [6.45, 7) is 7.39. The van der Waals surface area contributed by atoms with Gasteiger partial charge in [-0.05, 0) is 39.3 Å². The first-order valence-corrected chi connectivity index (χ1v) is 6.69. The number of nitrogens with one attached hydrogen (secondary N) is 1. The van der Waals surface area contributed by atoms with Crippen molar-refractivity contribution in [2.75, 3.05) is 6.61 Å². The van der Waals surface area contributed by atoms with E-state index in [4.69, 9.17) is 0 Å². The SMILES string of the molecule is Cc1nc2c(C)cccn2c1CC(=O)NC(C)(C)CO. The molecule has 0 fully saturated rings. The second-order valence-corrected chi connectivity index (χ2v) is 5.80. The Morgan fingerprint density at radius 3 is 2.80 bits per heavy atom. The van der Waals surface area contributed by atoms with Crippen LogP contribution in [0.4, 0.5) is 0 Å². The van der Waals surface area contributed by atoms with E-state index >= 15 is 0 Å². The summed E-state index contributed by atoms with van der Waals surface area (Å²) >= 11 is 0. The first kappa shape index (κ1) is 14.5. The van der Waals surface area contributed by atoms with Crippen LogP contribution < -0.4 is 5.32 Å². The number of aryl methyl sites for hydroxylation is 2. The predicted octanol–water partition coefficient (Wildman–Crippen LogP) is 1.38. The molecule has 0 aromatic carbocycles. The fraction of sp³-hybridized carbons (Fsp3) is 0.467. The minimum absolute atomic E-state index is 0.0933. The largest absolute Gasteiger partial charge is 0.394 e. The molecule has 0 spiro atoms. The first-order valence-electron chi connectivity index (χ1n) is 6.69. The number of aromatic nitrogens is 2. The molecule has 0 atom stereocenters. The molecule has 0 bridgehead atoms. The van der Waals surface area contributed by atoms with Gasteiger partial charge in [-0.1, -0.05) is 6.07 Å². The van der Waals surface area contributed by atoms with Gasteiger partial charge in [0.05, 0.1) is 30.0 Å². The van der Waals surface area contributed by atoms with Crippen LogP contribution in [0.1, 0.15) is 30.8 Å². The van der Waals surface area contributed by atoms with E-state index in [0.717, 1.165) is 22.6 Å². The minimum atomic E-state index is -0.610. The van der Waals surface area contributed by atoms with Gasteiger partial charge in [0.1, 0.15) is 5.65 Å². The molecule has 2 heterocycles. The number of carbonyl (C=O) groups is 1. The molecule has 108 valence electrons. The summed E-state index contributed by atoms with van der Waals surface area (Å²) < 4.78 is 1.95. The Morgan fingerprint density at radius 2 is 2.15 bits per heavy atom. The lowest BCUT2D eigenvalue weighted by Gasteiger charge is -2.23. The summed E-state index contributed by atoms with van der Waals surface area (Å²) in [6.07, 6.45) is 2.17. The third-order valence-corrected chi connectivity index (χ3v) is 3.35. The van der Waals surface area contributed by atoms with Crippen molar-refractivity contribution in [3.8, 4) is 0 Å². The zero-order valence-electron chi connectivity index (χ0n) is 12.4. The zero-order valence-corrected chi connectivity index (χ0v) is 12.4. The second-order valence-electron chi connectivity index (χ2n) is 5.80. The average molecular weight is 275 g/mol. The molecular formula is C15H21N3O2. The maximum Gasteiger partial charge on any atom is 0.226 e. The quantitative estimate of drug-likeness (QED) is 0.886. The molecule has 2 N–H and O–H groups in total. The monoisotopic (exact) mass is 275 g/mol. The minimum Gasteiger partial charge on any atom is -0.394 e. The molecule has 2 aromatic heterocycles. The highest BCUT2D eigenvalue weighted by Gasteiger charge is 2.21. The fourth-order valence-corrected chi connectivity index (χ4v) is 2.19. The van der Waals surface area contributed by atoms with Crippen LogP contribution in [0.5, 0.6) is 0 Å². The van der Waals surface area contributed by atoms with Gasteiger partial charge >= 0.3 is 0 Å². The number of aliphatic hydroxyl groups excluding tert-OH is 1. The molecule has 0 radical (unpaired) electrons. The molecule has 0 saturated heterocycles. The van der Waals surface area contributed by atoms with E-state index in [1.54, 1.807) is 13.8 Å². The van der Waals surface area contributed by atoms with Crippen molar-refractivity contribution in [2.45, 2.75) is 39.7 Å². The summed E-state index contributed by atoms with van der Waals surface area (Å²) in [5.41, 5.74) is 3.10. The summed E-state index contributed by atoms with van der Waals surface area (Å²) in [5.74, 6) is -0.115. The molecule has 0 unspecified atom stereocenters. The van der Waals surface area contributed by atoms with Gasteiger partial charge in [0.15, 0.2) is 0 Å². The number of nitrogens with zero attached hydrogens (tertiary/aromatic N) is 2. The third kappa shape index (κ3) is 2.82. The van der Waals surface area contributed by atoms with E-state index in [2.05, 4.69) is 10.3 Å². The van der Waals surface area contributed by atoms with E-state index in [1.165, 1.54) is 0 Å². The highest BCUT2D eigenvalue weighted by atomic mass is 16.3. The van der Waals surface area contributed by atoms with Gasteiger partial charge in [-0.3, -0.25) is 4.79 Å². The van der Waals surface area contributed by atoms with Gasteiger partial charge in [0.2, 0.25) is 5.91 Å². The van der Waals surface area contributed by atoms with Gasteiger partial charge in [-0.2, -0.15) is 0 Å². The average Bonchev–Trinajstić information content (AvgIpc) is 2.68. The van der Waals surface area contributed by atoms with Crippen molar-refractivity contribution < 1.29 is 9.90 Å². The van der Waals surface area contributed by atoms with Crippen LogP contribution in [0.2, 0.25) is 0 Å². The summed E-state index contributed by atoms with van der Waals surface area (Å²) in [4.78, 5) is 16.6. The van der Waals surface area contributed by atoms with E-state index in [1.807, 2.05) is 36.6 Å². The van der Waals surface area contributed by atoms with Crippen LogP contribution in [0, 0.1) is 13.8 Å². The topological polar surface area (TPSA) is 66.6 Å². The smallest absolute Gasteiger partial charge is 0.226 e. The Bertz CT molecular complexity index is 644. The maximum atomic E-state index is 12.1. The maximum absolute atomic E-state index is 12.1. The predicted molar refractivity (Wildman–Crippen MR) is 77.7 cm³/mol. The molecule has 2 aromatic rings. The van der Waals surface area contributed by atoms with Crippen LogP contribution in [0.15, 0.2) is 18.3 Å². The van der Waals surface area contributed by atoms with Gasteiger partial charge in [-0.25, -0.2) is 4.98 Å². The van der Waals surface area contributed by atoms with Gasteiger partial charge in [-0.15, -0.1) is 0 Å². The van der Waals surface area contributed by atoms with Crippen molar-refractivity contribution >= 4 is 11.6 Å².